The first-order chi connectivity index (χ1) is 9.70. The van der Waals surface area contributed by atoms with Crippen LogP contribution in [0.1, 0.15) is 5.56 Å². The lowest BCUT2D eigenvalue weighted by Gasteiger charge is -2.02. The summed E-state index contributed by atoms with van der Waals surface area (Å²) in [6, 6.07) is 11.0. The van der Waals surface area contributed by atoms with E-state index >= 15 is 0 Å². The van der Waals surface area contributed by atoms with Gasteiger partial charge < -0.3 is 10.4 Å². The lowest BCUT2D eigenvalue weighted by Crippen LogP contribution is -2.06. The van der Waals surface area contributed by atoms with E-state index < -0.39 is 0 Å². The van der Waals surface area contributed by atoms with Gasteiger partial charge in [-0.2, -0.15) is 4.98 Å². The number of hydrogen-bond acceptors (Lipinski definition) is 4. The second-order valence-corrected chi connectivity index (χ2v) is 5.34. The maximum Gasteiger partial charge on any atom is 0.243 e. The molecule has 2 N–H and O–H groups in total. The SMILES string of the molecule is Oc1ccc(CCNc2nc3ccc(Br)cn3n2)cc1. The fourth-order valence-corrected chi connectivity index (χ4v) is 2.24. The van der Waals surface area contributed by atoms with E-state index in [1.165, 1.54) is 0 Å². The van der Waals surface area contributed by atoms with Crippen LogP contribution in [-0.4, -0.2) is 26.2 Å². The molecule has 20 heavy (non-hydrogen) atoms. The largest absolute Gasteiger partial charge is 0.508 e. The number of halogens is 1. The van der Waals surface area contributed by atoms with Gasteiger partial charge in [-0.1, -0.05) is 12.1 Å². The number of fused-ring (bicyclic) bond motifs is 1. The molecule has 0 fully saturated rings. The van der Waals surface area contributed by atoms with Crippen molar-refractivity contribution in [1.82, 2.24) is 14.6 Å². The summed E-state index contributed by atoms with van der Waals surface area (Å²) in [6.45, 7) is 0.739. The molecule has 2 heterocycles. The van der Waals surface area contributed by atoms with Gasteiger partial charge in [0.15, 0.2) is 5.65 Å². The Labute approximate surface area is 124 Å². The lowest BCUT2D eigenvalue weighted by atomic mass is 10.1. The minimum absolute atomic E-state index is 0.286. The van der Waals surface area contributed by atoms with E-state index in [0.29, 0.717) is 5.95 Å². The van der Waals surface area contributed by atoms with Crippen LogP contribution in [-0.2, 0) is 6.42 Å². The summed E-state index contributed by atoms with van der Waals surface area (Å²) in [6.07, 6.45) is 2.72. The van der Waals surface area contributed by atoms with Crippen molar-refractivity contribution >= 4 is 27.5 Å². The Kier molecular flexibility index (Phi) is 3.56. The van der Waals surface area contributed by atoms with E-state index in [1.807, 2.05) is 30.5 Å². The normalized spacial score (nSPS) is 10.8. The molecule has 0 amide bonds. The molecule has 6 heteroatoms. The third-order valence-electron chi connectivity index (χ3n) is 2.93. The molecule has 0 aliphatic rings. The van der Waals surface area contributed by atoms with Crippen LogP contribution in [0, 0.1) is 0 Å². The van der Waals surface area contributed by atoms with Gasteiger partial charge in [0.05, 0.1) is 0 Å². The van der Waals surface area contributed by atoms with Crippen molar-refractivity contribution in [1.29, 1.82) is 0 Å². The molecule has 0 aliphatic heterocycles. The zero-order valence-corrected chi connectivity index (χ0v) is 12.2. The first kappa shape index (κ1) is 12.9. The minimum atomic E-state index is 0.286. The number of aromatic hydroxyl groups is 1. The van der Waals surface area contributed by atoms with Crippen LogP contribution in [0.15, 0.2) is 47.1 Å². The smallest absolute Gasteiger partial charge is 0.243 e. The number of nitrogens with zero attached hydrogens (tertiary/aromatic N) is 3. The molecule has 0 saturated heterocycles. The first-order valence-electron chi connectivity index (χ1n) is 6.24. The van der Waals surface area contributed by atoms with Crippen molar-refractivity contribution in [3.05, 3.63) is 52.6 Å². The third-order valence-corrected chi connectivity index (χ3v) is 3.40. The van der Waals surface area contributed by atoms with Crippen molar-refractivity contribution in [2.45, 2.75) is 6.42 Å². The summed E-state index contributed by atoms with van der Waals surface area (Å²) >= 11 is 3.40. The van der Waals surface area contributed by atoms with Crippen molar-refractivity contribution < 1.29 is 5.11 Å². The van der Waals surface area contributed by atoms with Crippen LogP contribution in [0.2, 0.25) is 0 Å². The molecule has 0 aliphatic carbocycles. The highest BCUT2D eigenvalue weighted by Gasteiger charge is 2.03. The molecule has 0 atom stereocenters. The number of nitrogens with one attached hydrogen (secondary N) is 1. The zero-order chi connectivity index (χ0) is 13.9. The monoisotopic (exact) mass is 332 g/mol. The van der Waals surface area contributed by atoms with Gasteiger partial charge >= 0.3 is 0 Å². The fourth-order valence-electron chi connectivity index (χ4n) is 1.91. The molecule has 1 aromatic carbocycles. The minimum Gasteiger partial charge on any atom is -0.508 e. The quantitative estimate of drug-likeness (QED) is 0.771. The van der Waals surface area contributed by atoms with Crippen LogP contribution in [0.4, 0.5) is 5.95 Å². The Morgan fingerprint density at radius 1 is 1.15 bits per heavy atom. The van der Waals surface area contributed by atoms with Crippen LogP contribution in [0.5, 0.6) is 5.75 Å². The number of rotatable bonds is 4. The van der Waals surface area contributed by atoms with E-state index in [9.17, 15) is 5.11 Å². The zero-order valence-electron chi connectivity index (χ0n) is 10.6. The van der Waals surface area contributed by atoms with E-state index in [-0.39, 0.29) is 5.75 Å². The highest BCUT2D eigenvalue weighted by atomic mass is 79.9. The molecule has 5 nitrogen and oxygen atoms in total. The summed E-state index contributed by atoms with van der Waals surface area (Å²) in [7, 11) is 0. The van der Waals surface area contributed by atoms with Gasteiger partial charge in [0.2, 0.25) is 5.95 Å². The molecule has 2 aromatic heterocycles. The van der Waals surface area contributed by atoms with Crippen molar-refractivity contribution in [3.8, 4) is 5.75 Å². The molecule has 0 bridgehead atoms. The van der Waals surface area contributed by atoms with E-state index in [0.717, 1.165) is 28.6 Å². The number of aromatic nitrogens is 3. The molecule has 3 rings (SSSR count). The van der Waals surface area contributed by atoms with Gasteiger partial charge in [-0.05, 0) is 52.2 Å². The van der Waals surface area contributed by atoms with Gasteiger partial charge in [0, 0.05) is 17.2 Å². The highest BCUT2D eigenvalue weighted by Crippen LogP contribution is 2.13. The first-order valence-corrected chi connectivity index (χ1v) is 7.04. The van der Waals surface area contributed by atoms with Gasteiger partial charge in [-0.3, -0.25) is 0 Å². The molecular weight excluding hydrogens is 320 g/mol. The molecule has 102 valence electrons. The number of anilines is 1. The average Bonchev–Trinajstić information content (AvgIpc) is 2.83. The van der Waals surface area contributed by atoms with Crippen molar-refractivity contribution in [2.24, 2.45) is 0 Å². The topological polar surface area (TPSA) is 62.5 Å². The predicted octanol–water partition coefficient (Wildman–Crippen LogP) is 2.85. The number of phenolic OH excluding ortho intramolecular Hbond substituents is 1. The van der Waals surface area contributed by atoms with Gasteiger partial charge in [-0.25, -0.2) is 4.52 Å². The third kappa shape index (κ3) is 2.91. The molecule has 0 saturated carbocycles. The summed E-state index contributed by atoms with van der Waals surface area (Å²) in [5, 5.41) is 16.8. The Balaban J connectivity index is 1.63. The molecule has 0 spiro atoms. The van der Waals surface area contributed by atoms with Gasteiger partial charge in [0.25, 0.3) is 0 Å². The standard InChI is InChI=1S/C14H13BrN4O/c15-11-3-6-13-17-14(18-19(13)9-11)16-8-7-10-1-4-12(20)5-2-10/h1-6,9,20H,7-8H2,(H,16,18). The van der Waals surface area contributed by atoms with Gasteiger partial charge in [-0.15, -0.1) is 5.10 Å². The summed E-state index contributed by atoms with van der Waals surface area (Å²) < 4.78 is 2.69. The number of hydrogen-bond donors (Lipinski definition) is 2. The Morgan fingerprint density at radius 2 is 1.95 bits per heavy atom. The summed E-state index contributed by atoms with van der Waals surface area (Å²) in [5.74, 6) is 0.899. The number of phenols is 1. The van der Waals surface area contributed by atoms with Crippen LogP contribution < -0.4 is 5.32 Å². The summed E-state index contributed by atoms with van der Waals surface area (Å²) in [4.78, 5) is 4.38. The fraction of sp³-hybridized carbons (Fsp3) is 0.143. The van der Waals surface area contributed by atoms with Gasteiger partial charge in [0.1, 0.15) is 5.75 Å². The van der Waals surface area contributed by atoms with Crippen LogP contribution >= 0.6 is 15.9 Å². The molecule has 0 unspecified atom stereocenters. The second kappa shape index (κ2) is 5.50. The molecular formula is C14H13BrN4O. The Bertz CT molecular complexity index is 724. The molecule has 3 aromatic rings. The second-order valence-electron chi connectivity index (χ2n) is 4.43. The van der Waals surface area contributed by atoms with Crippen molar-refractivity contribution in [3.63, 3.8) is 0 Å². The van der Waals surface area contributed by atoms with Crippen LogP contribution in [0.3, 0.4) is 0 Å². The number of pyridine rings is 1. The Morgan fingerprint density at radius 3 is 2.75 bits per heavy atom. The van der Waals surface area contributed by atoms with E-state index in [1.54, 1.807) is 16.6 Å². The predicted molar refractivity (Wildman–Crippen MR) is 81.0 cm³/mol. The van der Waals surface area contributed by atoms with E-state index in [4.69, 9.17) is 0 Å². The maximum absolute atomic E-state index is 9.22. The lowest BCUT2D eigenvalue weighted by molar-refractivity contribution is 0.475. The molecule has 0 radical (unpaired) electrons. The average molecular weight is 333 g/mol. The van der Waals surface area contributed by atoms with E-state index in [2.05, 4.69) is 31.3 Å². The van der Waals surface area contributed by atoms with Crippen molar-refractivity contribution in [2.75, 3.05) is 11.9 Å². The maximum atomic E-state index is 9.22. The summed E-state index contributed by atoms with van der Waals surface area (Å²) in [5.41, 5.74) is 1.96. The number of benzene rings is 1. The highest BCUT2D eigenvalue weighted by molar-refractivity contribution is 9.10. The Hall–Kier alpha value is -2.08. The van der Waals surface area contributed by atoms with Crippen LogP contribution in [0.25, 0.3) is 5.65 Å².